The maximum Gasteiger partial charge on any atom is 0.134 e. The fourth-order valence-electron chi connectivity index (χ4n) is 8.39. The third-order valence-electron chi connectivity index (χ3n) is 10.5. The molecule has 9 aromatic carbocycles. The topological polar surface area (TPSA) is 13.1 Å². The molecule has 0 radical (unpaired) electrons. The summed E-state index contributed by atoms with van der Waals surface area (Å²) in [7, 11) is 0. The molecule has 1 aromatic heterocycles. The Morgan fingerprint density at radius 2 is 0.956 bits per heavy atom. The zero-order chi connectivity index (χ0) is 29.2. The first kappa shape index (κ1) is 23.8. The van der Waals surface area contributed by atoms with Crippen molar-refractivity contribution in [2.45, 2.75) is 12.8 Å². The highest BCUT2D eigenvalue weighted by Gasteiger charge is 2.22. The molecule has 0 saturated carbocycles. The lowest BCUT2D eigenvalue weighted by atomic mass is 9.85. The smallest absolute Gasteiger partial charge is 0.134 e. The first-order valence-electron chi connectivity index (χ1n) is 15.9. The number of fused-ring (bicyclic) bond motifs is 3. The van der Waals surface area contributed by atoms with Crippen LogP contribution in [0.1, 0.15) is 23.3 Å². The predicted molar refractivity (Wildman–Crippen MR) is 192 cm³/mol. The van der Waals surface area contributed by atoms with Gasteiger partial charge in [0.2, 0.25) is 0 Å². The maximum absolute atomic E-state index is 6.48. The van der Waals surface area contributed by atoms with Crippen molar-refractivity contribution in [3.8, 4) is 11.1 Å². The molecular formula is C44H26O. The van der Waals surface area contributed by atoms with E-state index in [1.165, 1.54) is 97.8 Å². The van der Waals surface area contributed by atoms with E-state index >= 15 is 0 Å². The van der Waals surface area contributed by atoms with Crippen molar-refractivity contribution in [2.75, 3.05) is 0 Å². The van der Waals surface area contributed by atoms with Crippen LogP contribution in [0, 0.1) is 0 Å². The monoisotopic (exact) mass is 570 g/mol. The molecule has 11 rings (SSSR count). The van der Waals surface area contributed by atoms with Gasteiger partial charge in [0, 0.05) is 17.4 Å². The van der Waals surface area contributed by atoms with E-state index in [9.17, 15) is 0 Å². The normalized spacial score (nSPS) is 13.7. The largest absolute Gasteiger partial charge is 0.460 e. The zero-order valence-corrected chi connectivity index (χ0v) is 24.5. The third-order valence-corrected chi connectivity index (χ3v) is 10.5. The Hall–Kier alpha value is -5.66. The summed E-state index contributed by atoms with van der Waals surface area (Å²) in [5, 5.41) is 17.1. The number of hydrogen-bond acceptors (Lipinski definition) is 1. The van der Waals surface area contributed by atoms with Gasteiger partial charge in [-0.2, -0.15) is 0 Å². The van der Waals surface area contributed by atoms with E-state index in [0.717, 1.165) is 24.2 Å². The second-order valence-electron chi connectivity index (χ2n) is 12.8. The minimum Gasteiger partial charge on any atom is -0.460 e. The molecule has 0 bridgehead atoms. The van der Waals surface area contributed by atoms with E-state index < -0.39 is 0 Å². The lowest BCUT2D eigenvalue weighted by Gasteiger charge is -2.18. The quantitative estimate of drug-likeness (QED) is 0.188. The van der Waals surface area contributed by atoms with Crippen LogP contribution in [0.15, 0.2) is 132 Å². The number of allylic oxidation sites excluding steroid dienone is 1. The van der Waals surface area contributed by atoms with Crippen LogP contribution in [0.2, 0.25) is 0 Å². The summed E-state index contributed by atoms with van der Waals surface area (Å²) in [6, 6.07) is 47.4. The van der Waals surface area contributed by atoms with Crippen LogP contribution in [0.25, 0.3) is 98.4 Å². The maximum atomic E-state index is 6.48. The highest BCUT2D eigenvalue weighted by molar-refractivity contribution is 6.26. The van der Waals surface area contributed by atoms with E-state index in [1.54, 1.807) is 0 Å². The van der Waals surface area contributed by atoms with Gasteiger partial charge in [0.15, 0.2) is 0 Å². The van der Waals surface area contributed by atoms with Gasteiger partial charge in [0.05, 0.1) is 0 Å². The minimum atomic E-state index is 0.909. The Labute approximate surface area is 259 Å². The van der Waals surface area contributed by atoms with Gasteiger partial charge in [0.1, 0.15) is 11.3 Å². The molecule has 0 aliphatic heterocycles. The van der Waals surface area contributed by atoms with Crippen LogP contribution in [-0.2, 0) is 6.42 Å². The summed E-state index contributed by atoms with van der Waals surface area (Å²) in [5.41, 5.74) is 7.42. The molecule has 0 spiro atoms. The highest BCUT2D eigenvalue weighted by atomic mass is 16.3. The van der Waals surface area contributed by atoms with Crippen LogP contribution in [-0.4, -0.2) is 0 Å². The average molecular weight is 571 g/mol. The summed E-state index contributed by atoms with van der Waals surface area (Å²) in [6.07, 6.45) is 4.29. The summed E-state index contributed by atoms with van der Waals surface area (Å²) in [5.74, 6) is 1.10. The van der Waals surface area contributed by atoms with Gasteiger partial charge in [-0.05, 0) is 112 Å². The molecule has 0 fully saturated rings. The number of furan rings is 1. The fourth-order valence-corrected chi connectivity index (χ4v) is 8.39. The molecule has 0 atom stereocenters. The van der Waals surface area contributed by atoms with E-state index in [4.69, 9.17) is 4.42 Å². The van der Waals surface area contributed by atoms with Gasteiger partial charge in [-0.1, -0.05) is 115 Å². The average Bonchev–Trinajstić information content (AvgIpc) is 3.46. The van der Waals surface area contributed by atoms with Crippen LogP contribution in [0.4, 0.5) is 0 Å². The first-order chi connectivity index (χ1) is 22.3. The van der Waals surface area contributed by atoms with Crippen molar-refractivity contribution in [3.05, 3.63) is 144 Å². The van der Waals surface area contributed by atoms with Crippen molar-refractivity contribution in [3.63, 3.8) is 0 Å². The van der Waals surface area contributed by atoms with E-state index in [0.29, 0.717) is 0 Å². The number of aryl methyl sites for hydroxylation is 1. The van der Waals surface area contributed by atoms with Crippen molar-refractivity contribution in [1.82, 2.24) is 0 Å². The third kappa shape index (κ3) is 3.17. The Kier molecular flexibility index (Phi) is 4.48. The zero-order valence-electron chi connectivity index (χ0n) is 24.5. The number of benzene rings is 9. The van der Waals surface area contributed by atoms with Crippen LogP contribution < -0.4 is 0 Å². The molecule has 10 aromatic rings. The van der Waals surface area contributed by atoms with Crippen molar-refractivity contribution < 1.29 is 4.42 Å². The van der Waals surface area contributed by atoms with Gasteiger partial charge in [-0.15, -0.1) is 0 Å². The molecule has 45 heavy (non-hydrogen) atoms. The first-order valence-corrected chi connectivity index (χ1v) is 15.9. The van der Waals surface area contributed by atoms with Gasteiger partial charge < -0.3 is 4.42 Å². The molecule has 0 amide bonds. The van der Waals surface area contributed by atoms with Crippen molar-refractivity contribution in [1.29, 1.82) is 0 Å². The van der Waals surface area contributed by atoms with Gasteiger partial charge >= 0.3 is 0 Å². The van der Waals surface area contributed by atoms with E-state index in [2.05, 4.69) is 133 Å². The molecule has 0 saturated heterocycles. The van der Waals surface area contributed by atoms with Crippen molar-refractivity contribution >= 4 is 87.3 Å². The second-order valence-corrected chi connectivity index (χ2v) is 12.8. The van der Waals surface area contributed by atoms with Gasteiger partial charge in [-0.25, -0.2) is 0 Å². The predicted octanol–water partition coefficient (Wildman–Crippen LogP) is 12.4. The standard InChI is InChI=1S/C44H26O/c1-3-25-7-9-29-11-17-33(35-19-13-27(5-1)41(25)43(29)35)31-15-21-39-37(23-31)38-24-32(16-22-40(38)45-39)34-18-12-30-10-8-26-4-2-6-28-14-20-36(34)44(30)42(26)28/h1-15,17-21,23-24H,16,22H2. The molecule has 208 valence electrons. The summed E-state index contributed by atoms with van der Waals surface area (Å²) in [4.78, 5) is 0. The molecule has 0 unspecified atom stereocenters. The second kappa shape index (κ2) is 8.49. The highest BCUT2D eigenvalue weighted by Crippen LogP contribution is 2.44. The lowest BCUT2D eigenvalue weighted by molar-refractivity contribution is 0.548. The molecule has 1 aliphatic carbocycles. The van der Waals surface area contributed by atoms with Gasteiger partial charge in [-0.3, -0.25) is 0 Å². The van der Waals surface area contributed by atoms with E-state index in [-0.39, 0.29) is 0 Å². The molecular weight excluding hydrogens is 544 g/mol. The summed E-state index contributed by atoms with van der Waals surface area (Å²) in [6.45, 7) is 0. The Balaban J connectivity index is 1.11. The molecule has 1 heteroatoms. The van der Waals surface area contributed by atoms with Crippen LogP contribution in [0.3, 0.4) is 0 Å². The Morgan fingerprint density at radius 1 is 0.422 bits per heavy atom. The Morgan fingerprint density at radius 3 is 1.60 bits per heavy atom. The van der Waals surface area contributed by atoms with Gasteiger partial charge in [0.25, 0.3) is 0 Å². The number of hydrogen-bond donors (Lipinski definition) is 0. The molecule has 1 heterocycles. The summed E-state index contributed by atoms with van der Waals surface area (Å²) >= 11 is 0. The fraction of sp³-hybridized carbons (Fsp3) is 0.0455. The number of rotatable bonds is 2. The lowest BCUT2D eigenvalue weighted by Crippen LogP contribution is -1.98. The van der Waals surface area contributed by atoms with Crippen LogP contribution >= 0.6 is 0 Å². The SMILES string of the molecule is C1=C(c2ccc3ccc4cccc5ccc2c3c45)CCc2oc3ccc(-c4ccc5ccc6cccc7ccc4c5c67)cc3c21. The summed E-state index contributed by atoms with van der Waals surface area (Å²) < 4.78 is 6.48. The molecule has 0 N–H and O–H groups in total. The van der Waals surface area contributed by atoms with Crippen LogP contribution in [0.5, 0.6) is 0 Å². The minimum absolute atomic E-state index is 0.909. The molecule has 1 aliphatic rings. The molecule has 1 nitrogen and oxygen atoms in total. The van der Waals surface area contributed by atoms with Crippen molar-refractivity contribution in [2.24, 2.45) is 0 Å². The van der Waals surface area contributed by atoms with E-state index in [1.807, 2.05) is 0 Å². The Bertz CT molecular complexity index is 2830.